The molecular formula is C13H23N3. The quantitative estimate of drug-likeness (QED) is 0.849. The largest absolute Gasteiger partial charge is 0.308 e. The molecule has 3 heteroatoms. The summed E-state index contributed by atoms with van der Waals surface area (Å²) in [6, 6.07) is 2.73. The minimum absolute atomic E-state index is 0.501. The van der Waals surface area contributed by atoms with Gasteiger partial charge in [0.15, 0.2) is 0 Å². The van der Waals surface area contributed by atoms with Crippen molar-refractivity contribution in [1.29, 1.82) is 0 Å². The maximum absolute atomic E-state index is 4.39. The Labute approximate surface area is 98.2 Å². The molecular weight excluding hydrogens is 198 g/mol. The van der Waals surface area contributed by atoms with Crippen LogP contribution in [0.2, 0.25) is 0 Å². The highest BCUT2D eigenvalue weighted by molar-refractivity contribution is 5.00. The Morgan fingerprint density at radius 2 is 2.25 bits per heavy atom. The molecule has 90 valence electrons. The first kappa shape index (κ1) is 11.6. The molecule has 0 radical (unpaired) electrons. The lowest BCUT2D eigenvalue weighted by Crippen LogP contribution is -2.31. The van der Waals surface area contributed by atoms with Gasteiger partial charge in [0.1, 0.15) is 0 Å². The Kier molecular flexibility index (Phi) is 3.06. The van der Waals surface area contributed by atoms with E-state index < -0.39 is 0 Å². The van der Waals surface area contributed by atoms with E-state index in [0.29, 0.717) is 11.5 Å². The van der Waals surface area contributed by atoms with E-state index in [2.05, 4.69) is 37.3 Å². The molecule has 1 aromatic heterocycles. The first-order chi connectivity index (χ1) is 7.46. The van der Waals surface area contributed by atoms with Crippen LogP contribution in [0.4, 0.5) is 0 Å². The number of nitrogens with zero attached hydrogens (tertiary/aromatic N) is 2. The summed E-state index contributed by atoms with van der Waals surface area (Å²) in [4.78, 5) is 0. The van der Waals surface area contributed by atoms with Crippen molar-refractivity contribution in [1.82, 2.24) is 15.1 Å². The zero-order valence-electron chi connectivity index (χ0n) is 10.8. The van der Waals surface area contributed by atoms with Gasteiger partial charge < -0.3 is 5.32 Å². The second-order valence-corrected chi connectivity index (χ2v) is 6.02. The van der Waals surface area contributed by atoms with Crippen LogP contribution in [0.15, 0.2) is 12.3 Å². The SMILES string of the molecule is CC1CC(C)(C)CC1NCc1ccn(C)n1. The topological polar surface area (TPSA) is 29.9 Å². The molecule has 0 saturated heterocycles. The van der Waals surface area contributed by atoms with Gasteiger partial charge in [-0.1, -0.05) is 20.8 Å². The summed E-state index contributed by atoms with van der Waals surface area (Å²) < 4.78 is 1.86. The van der Waals surface area contributed by atoms with Gasteiger partial charge in [0.2, 0.25) is 0 Å². The summed E-state index contributed by atoms with van der Waals surface area (Å²) in [5.74, 6) is 0.777. The summed E-state index contributed by atoms with van der Waals surface area (Å²) in [5, 5.41) is 8.03. The summed E-state index contributed by atoms with van der Waals surface area (Å²) in [7, 11) is 1.96. The van der Waals surface area contributed by atoms with E-state index in [-0.39, 0.29) is 0 Å². The Morgan fingerprint density at radius 3 is 2.75 bits per heavy atom. The molecule has 1 saturated carbocycles. The monoisotopic (exact) mass is 221 g/mol. The van der Waals surface area contributed by atoms with Gasteiger partial charge in [-0.25, -0.2) is 0 Å². The van der Waals surface area contributed by atoms with Crippen LogP contribution in [0, 0.1) is 11.3 Å². The maximum Gasteiger partial charge on any atom is 0.0762 e. The van der Waals surface area contributed by atoms with Gasteiger partial charge in [0.25, 0.3) is 0 Å². The fraction of sp³-hybridized carbons (Fsp3) is 0.769. The average molecular weight is 221 g/mol. The van der Waals surface area contributed by atoms with Crippen LogP contribution in [-0.4, -0.2) is 15.8 Å². The molecule has 2 rings (SSSR count). The molecule has 0 aliphatic heterocycles. The van der Waals surface area contributed by atoms with Gasteiger partial charge in [-0.05, 0) is 30.2 Å². The van der Waals surface area contributed by atoms with Crippen molar-refractivity contribution in [3.8, 4) is 0 Å². The van der Waals surface area contributed by atoms with Crippen molar-refractivity contribution in [3.63, 3.8) is 0 Å². The van der Waals surface area contributed by atoms with E-state index in [1.165, 1.54) is 12.8 Å². The third kappa shape index (κ3) is 2.64. The van der Waals surface area contributed by atoms with Crippen LogP contribution in [0.25, 0.3) is 0 Å². The summed E-state index contributed by atoms with van der Waals surface area (Å²) in [6.45, 7) is 7.98. The van der Waals surface area contributed by atoms with Crippen LogP contribution < -0.4 is 5.32 Å². The molecule has 1 aromatic rings. The van der Waals surface area contributed by atoms with E-state index >= 15 is 0 Å². The fourth-order valence-corrected chi connectivity index (χ4v) is 2.96. The number of nitrogens with one attached hydrogen (secondary N) is 1. The van der Waals surface area contributed by atoms with E-state index in [1.807, 2.05) is 17.9 Å². The van der Waals surface area contributed by atoms with Crippen LogP contribution >= 0.6 is 0 Å². The number of hydrogen-bond donors (Lipinski definition) is 1. The Morgan fingerprint density at radius 1 is 1.50 bits per heavy atom. The standard InChI is InChI=1S/C13H23N3/c1-10-7-13(2,3)8-12(10)14-9-11-5-6-16(4)15-11/h5-6,10,12,14H,7-9H2,1-4H3. The summed E-state index contributed by atoms with van der Waals surface area (Å²) in [5.41, 5.74) is 1.64. The smallest absolute Gasteiger partial charge is 0.0762 e. The molecule has 0 amide bonds. The lowest BCUT2D eigenvalue weighted by Gasteiger charge is -2.18. The molecule has 1 fully saturated rings. The van der Waals surface area contributed by atoms with Gasteiger partial charge in [0, 0.05) is 25.8 Å². The predicted molar refractivity (Wildman–Crippen MR) is 66.0 cm³/mol. The number of hydrogen-bond acceptors (Lipinski definition) is 2. The second-order valence-electron chi connectivity index (χ2n) is 6.02. The minimum atomic E-state index is 0.501. The van der Waals surface area contributed by atoms with Crippen molar-refractivity contribution < 1.29 is 0 Å². The van der Waals surface area contributed by atoms with Gasteiger partial charge >= 0.3 is 0 Å². The molecule has 2 atom stereocenters. The molecule has 0 bridgehead atoms. The fourth-order valence-electron chi connectivity index (χ4n) is 2.96. The van der Waals surface area contributed by atoms with Crippen LogP contribution in [0.5, 0.6) is 0 Å². The predicted octanol–water partition coefficient (Wildman–Crippen LogP) is 2.33. The van der Waals surface area contributed by atoms with Crippen LogP contribution in [0.3, 0.4) is 0 Å². The normalized spacial score (nSPS) is 28.5. The Balaban J connectivity index is 1.87. The van der Waals surface area contributed by atoms with Gasteiger partial charge in [-0.15, -0.1) is 0 Å². The lowest BCUT2D eigenvalue weighted by molar-refractivity contribution is 0.361. The highest BCUT2D eigenvalue weighted by Gasteiger charge is 2.36. The van der Waals surface area contributed by atoms with E-state index in [9.17, 15) is 0 Å². The van der Waals surface area contributed by atoms with Crippen LogP contribution in [0.1, 0.15) is 39.3 Å². The summed E-state index contributed by atoms with van der Waals surface area (Å²) >= 11 is 0. The zero-order valence-corrected chi connectivity index (χ0v) is 10.8. The van der Waals surface area contributed by atoms with Crippen molar-refractivity contribution >= 4 is 0 Å². The third-order valence-electron chi connectivity index (χ3n) is 3.65. The molecule has 1 aliphatic rings. The number of rotatable bonds is 3. The first-order valence-corrected chi connectivity index (χ1v) is 6.18. The molecule has 3 nitrogen and oxygen atoms in total. The maximum atomic E-state index is 4.39. The first-order valence-electron chi connectivity index (χ1n) is 6.18. The Hall–Kier alpha value is -0.830. The van der Waals surface area contributed by atoms with Crippen LogP contribution in [-0.2, 0) is 13.6 Å². The van der Waals surface area contributed by atoms with Crippen molar-refractivity contribution in [2.45, 2.75) is 46.2 Å². The Bertz CT molecular complexity index is 354. The van der Waals surface area contributed by atoms with Gasteiger partial charge in [0.05, 0.1) is 5.69 Å². The average Bonchev–Trinajstić information content (AvgIpc) is 2.67. The number of aryl methyl sites for hydroxylation is 1. The third-order valence-corrected chi connectivity index (χ3v) is 3.65. The minimum Gasteiger partial charge on any atom is -0.308 e. The van der Waals surface area contributed by atoms with E-state index in [1.54, 1.807) is 0 Å². The molecule has 16 heavy (non-hydrogen) atoms. The lowest BCUT2D eigenvalue weighted by atomic mass is 9.91. The van der Waals surface area contributed by atoms with Crippen molar-refractivity contribution in [2.24, 2.45) is 18.4 Å². The molecule has 2 unspecified atom stereocenters. The number of aromatic nitrogens is 2. The van der Waals surface area contributed by atoms with Crippen molar-refractivity contribution in [2.75, 3.05) is 0 Å². The highest BCUT2D eigenvalue weighted by atomic mass is 15.3. The molecule has 0 aromatic carbocycles. The molecule has 1 heterocycles. The van der Waals surface area contributed by atoms with E-state index in [0.717, 1.165) is 18.2 Å². The zero-order chi connectivity index (χ0) is 11.8. The molecule has 1 aliphatic carbocycles. The summed E-state index contributed by atoms with van der Waals surface area (Å²) in [6.07, 6.45) is 4.60. The molecule has 0 spiro atoms. The molecule has 1 N–H and O–H groups in total. The second kappa shape index (κ2) is 4.21. The van der Waals surface area contributed by atoms with E-state index in [4.69, 9.17) is 0 Å². The van der Waals surface area contributed by atoms with Crippen molar-refractivity contribution in [3.05, 3.63) is 18.0 Å². The van der Waals surface area contributed by atoms with Gasteiger partial charge in [-0.2, -0.15) is 5.10 Å². The highest BCUT2D eigenvalue weighted by Crippen LogP contribution is 2.40. The van der Waals surface area contributed by atoms with Gasteiger partial charge in [-0.3, -0.25) is 4.68 Å².